The molecule has 12 heteroatoms. The largest absolute Gasteiger partial charge is 0.495 e. The number of nitrogens with one attached hydrogen (secondary N) is 1. The third kappa shape index (κ3) is 5.84. The van der Waals surface area contributed by atoms with Gasteiger partial charge in [-0.2, -0.15) is 4.98 Å². The molecule has 0 bridgehead atoms. The predicted octanol–water partition coefficient (Wildman–Crippen LogP) is 5.35. The van der Waals surface area contributed by atoms with Crippen LogP contribution in [0.15, 0.2) is 48.7 Å². The van der Waals surface area contributed by atoms with Crippen molar-refractivity contribution in [2.24, 2.45) is 0 Å². The number of hydrogen-bond donors (Lipinski definition) is 1. The number of methoxy groups -OCH3 is 2. The first kappa shape index (κ1) is 29.1. The van der Waals surface area contributed by atoms with Gasteiger partial charge >= 0.3 is 6.03 Å². The summed E-state index contributed by atoms with van der Waals surface area (Å²) in [5.41, 5.74) is 2.00. The topological polar surface area (TPSA) is 100 Å². The van der Waals surface area contributed by atoms with Crippen LogP contribution < -0.4 is 24.6 Å². The van der Waals surface area contributed by atoms with Crippen LogP contribution in [0.4, 0.5) is 27.9 Å². The number of hydrogen-bond acceptors (Lipinski definition) is 8. The van der Waals surface area contributed by atoms with Crippen LogP contribution in [-0.4, -0.2) is 68.6 Å². The SMILES string of the molecule is CNc1ncc2c(n1)N(c1ccccc1CC(=O)/C=C/CN(C)C)C(=O)N(c1c(Cl)c(OC)cc(OC)c1Cl)C2. The molecule has 3 aromatic rings. The van der Waals surface area contributed by atoms with Gasteiger partial charge in [0.15, 0.2) is 11.6 Å². The summed E-state index contributed by atoms with van der Waals surface area (Å²) in [6, 6.07) is 8.28. The fourth-order valence-electron chi connectivity index (χ4n) is 4.29. The Kier molecular flexibility index (Phi) is 9.14. The lowest BCUT2D eigenvalue weighted by atomic mass is 10.0. The fraction of sp³-hybridized carbons (Fsp3) is 0.286. The Morgan fingerprint density at radius 2 is 1.82 bits per heavy atom. The normalized spacial score (nSPS) is 13.2. The van der Waals surface area contributed by atoms with Crippen molar-refractivity contribution in [3.05, 3.63) is 69.9 Å². The highest BCUT2D eigenvalue weighted by Gasteiger charge is 2.38. The molecule has 40 heavy (non-hydrogen) atoms. The first-order chi connectivity index (χ1) is 19.2. The average Bonchev–Trinajstić information content (AvgIpc) is 2.93. The Hall–Kier alpha value is -3.86. The number of likely N-dealkylation sites (N-methyl/N-ethyl adjacent to an activating group) is 1. The standard InChI is InChI=1S/C28H30Cl2N6O4/c1-31-27-32-15-18-16-35(25-23(29)21(39-4)14-22(40-5)24(25)30)28(38)36(26(18)33-27)20-11-7-6-9-17(20)13-19(37)10-8-12-34(2)3/h6-11,14-15H,12-13,16H2,1-5H3,(H,31,32,33)/b10-8+. The van der Waals surface area contributed by atoms with Crippen LogP contribution in [0.1, 0.15) is 11.1 Å². The summed E-state index contributed by atoms with van der Waals surface area (Å²) >= 11 is 13.4. The molecular formula is C28H30Cl2N6O4. The number of halogens is 2. The van der Waals surface area contributed by atoms with Gasteiger partial charge in [0.1, 0.15) is 21.5 Å². The number of ketones is 1. The van der Waals surface area contributed by atoms with E-state index in [-0.39, 0.29) is 34.5 Å². The van der Waals surface area contributed by atoms with Crippen LogP contribution >= 0.6 is 23.2 Å². The Morgan fingerprint density at radius 3 is 2.45 bits per heavy atom. The number of anilines is 4. The molecule has 0 radical (unpaired) electrons. The van der Waals surface area contributed by atoms with E-state index in [0.29, 0.717) is 46.6 Å². The molecule has 0 saturated carbocycles. The van der Waals surface area contributed by atoms with E-state index in [1.807, 2.05) is 31.1 Å². The van der Waals surface area contributed by atoms with E-state index in [2.05, 4.69) is 15.3 Å². The number of carbonyl (C=O) groups excluding carboxylic acids is 2. The van der Waals surface area contributed by atoms with Gasteiger partial charge in [-0.15, -0.1) is 0 Å². The molecule has 0 saturated heterocycles. The van der Waals surface area contributed by atoms with Crippen LogP contribution in [0.3, 0.4) is 0 Å². The average molecular weight is 585 g/mol. The molecule has 1 aliphatic rings. The van der Waals surface area contributed by atoms with Gasteiger partial charge in [-0.05, 0) is 31.8 Å². The zero-order valence-electron chi connectivity index (χ0n) is 22.9. The first-order valence-electron chi connectivity index (χ1n) is 12.4. The minimum absolute atomic E-state index is 0.0810. The minimum Gasteiger partial charge on any atom is -0.495 e. The van der Waals surface area contributed by atoms with Crippen LogP contribution in [0.2, 0.25) is 10.0 Å². The molecule has 0 spiro atoms. The lowest BCUT2D eigenvalue weighted by Gasteiger charge is -2.37. The molecule has 1 N–H and O–H groups in total. The van der Waals surface area contributed by atoms with Gasteiger partial charge in [0.2, 0.25) is 5.95 Å². The number of rotatable bonds is 10. The van der Waals surface area contributed by atoms with E-state index >= 15 is 0 Å². The zero-order valence-corrected chi connectivity index (χ0v) is 24.4. The highest BCUT2D eigenvalue weighted by Crippen LogP contribution is 2.48. The van der Waals surface area contributed by atoms with Gasteiger partial charge in [0.05, 0.1) is 32.1 Å². The van der Waals surface area contributed by atoms with Crippen molar-refractivity contribution in [1.82, 2.24) is 14.9 Å². The lowest BCUT2D eigenvalue weighted by molar-refractivity contribution is -0.114. The van der Waals surface area contributed by atoms with Crippen molar-refractivity contribution in [3.8, 4) is 11.5 Å². The van der Waals surface area contributed by atoms with Gasteiger partial charge in [-0.1, -0.05) is 47.5 Å². The van der Waals surface area contributed by atoms with E-state index in [9.17, 15) is 9.59 Å². The monoisotopic (exact) mass is 584 g/mol. The van der Waals surface area contributed by atoms with Gasteiger partial charge in [0, 0.05) is 37.8 Å². The maximum absolute atomic E-state index is 14.3. The number of aromatic nitrogens is 2. The van der Waals surface area contributed by atoms with E-state index in [1.165, 1.54) is 24.0 Å². The number of para-hydroxylation sites is 1. The van der Waals surface area contributed by atoms with E-state index in [4.69, 9.17) is 32.7 Å². The highest BCUT2D eigenvalue weighted by atomic mass is 35.5. The molecule has 2 heterocycles. The van der Waals surface area contributed by atoms with Crippen LogP contribution in [0, 0.1) is 0 Å². The molecule has 0 aliphatic carbocycles. The van der Waals surface area contributed by atoms with E-state index in [0.717, 1.165) is 0 Å². The third-order valence-electron chi connectivity index (χ3n) is 6.22. The second-order valence-electron chi connectivity index (χ2n) is 9.19. The third-order valence-corrected chi connectivity index (χ3v) is 6.95. The second kappa shape index (κ2) is 12.5. The highest BCUT2D eigenvalue weighted by molar-refractivity contribution is 6.42. The van der Waals surface area contributed by atoms with Crippen molar-refractivity contribution in [2.45, 2.75) is 13.0 Å². The summed E-state index contributed by atoms with van der Waals surface area (Å²) in [5, 5.41) is 3.21. The zero-order chi connectivity index (χ0) is 29.0. The first-order valence-corrected chi connectivity index (χ1v) is 13.1. The number of benzene rings is 2. The summed E-state index contributed by atoms with van der Waals surface area (Å²) in [6.45, 7) is 0.717. The predicted molar refractivity (Wildman–Crippen MR) is 158 cm³/mol. The molecule has 4 rings (SSSR count). The van der Waals surface area contributed by atoms with Gasteiger partial charge in [-0.3, -0.25) is 9.69 Å². The Balaban J connectivity index is 1.86. The van der Waals surface area contributed by atoms with Crippen molar-refractivity contribution < 1.29 is 19.1 Å². The fourth-order valence-corrected chi connectivity index (χ4v) is 5.00. The van der Waals surface area contributed by atoms with Gasteiger partial charge in [-0.25, -0.2) is 14.7 Å². The van der Waals surface area contributed by atoms with Gasteiger partial charge < -0.3 is 19.7 Å². The summed E-state index contributed by atoms with van der Waals surface area (Å²) in [7, 11) is 8.47. The number of nitrogens with zero attached hydrogens (tertiary/aromatic N) is 5. The molecule has 0 atom stereocenters. The molecule has 0 fully saturated rings. The summed E-state index contributed by atoms with van der Waals surface area (Å²) < 4.78 is 10.9. The molecule has 10 nitrogen and oxygen atoms in total. The smallest absolute Gasteiger partial charge is 0.335 e. The molecule has 1 aliphatic heterocycles. The van der Waals surface area contributed by atoms with Crippen molar-refractivity contribution in [2.75, 3.05) is 57.0 Å². The molecule has 0 unspecified atom stereocenters. The van der Waals surface area contributed by atoms with Crippen molar-refractivity contribution >= 4 is 58.2 Å². The Labute approximate surface area is 243 Å². The number of urea groups is 1. The maximum atomic E-state index is 14.3. The van der Waals surface area contributed by atoms with Crippen LogP contribution in [0.5, 0.6) is 11.5 Å². The summed E-state index contributed by atoms with van der Waals surface area (Å²) in [5.74, 6) is 1.20. The lowest BCUT2D eigenvalue weighted by Crippen LogP contribution is -2.46. The maximum Gasteiger partial charge on any atom is 0.335 e. The number of ether oxygens (including phenoxy) is 2. The Bertz CT molecular complexity index is 1430. The molecule has 2 amide bonds. The number of amides is 2. The van der Waals surface area contributed by atoms with Crippen molar-refractivity contribution in [3.63, 3.8) is 0 Å². The molecule has 210 valence electrons. The quantitative estimate of drug-likeness (QED) is 0.318. The minimum atomic E-state index is -0.476. The van der Waals surface area contributed by atoms with E-state index < -0.39 is 6.03 Å². The Morgan fingerprint density at radius 1 is 1.15 bits per heavy atom. The molecular weight excluding hydrogens is 555 g/mol. The van der Waals surface area contributed by atoms with Crippen molar-refractivity contribution in [1.29, 1.82) is 0 Å². The van der Waals surface area contributed by atoms with Gasteiger partial charge in [0.25, 0.3) is 0 Å². The van der Waals surface area contributed by atoms with E-state index in [1.54, 1.807) is 43.6 Å². The molecule has 1 aromatic heterocycles. The summed E-state index contributed by atoms with van der Waals surface area (Å²) in [6.07, 6.45) is 5.08. The summed E-state index contributed by atoms with van der Waals surface area (Å²) in [4.78, 5) is 41.0. The van der Waals surface area contributed by atoms with Crippen LogP contribution in [-0.2, 0) is 17.8 Å². The number of carbonyl (C=O) groups is 2. The molecule has 2 aromatic carbocycles. The van der Waals surface area contributed by atoms with Crippen LogP contribution in [0.25, 0.3) is 0 Å². The number of allylic oxidation sites excluding steroid dienone is 1. The second-order valence-corrected chi connectivity index (χ2v) is 9.95. The number of fused-ring (bicyclic) bond motifs is 1.